The number of amides is 3. The van der Waals surface area contributed by atoms with E-state index in [1.807, 2.05) is 0 Å². The molecule has 4 rings (SSSR count). The summed E-state index contributed by atoms with van der Waals surface area (Å²) in [6, 6.07) is -0.0844. The maximum atomic E-state index is 14.2. The number of ether oxygens (including phenoxy) is 1. The number of aromatic amines is 1. The third kappa shape index (κ3) is 8.96. The Kier molecular flexibility index (Phi) is 11.6. The first-order valence-corrected chi connectivity index (χ1v) is 14.2. The van der Waals surface area contributed by atoms with Crippen molar-refractivity contribution in [2.75, 3.05) is 13.2 Å². The van der Waals surface area contributed by atoms with Gasteiger partial charge < -0.3 is 31.4 Å². The van der Waals surface area contributed by atoms with Crippen molar-refractivity contribution in [3.63, 3.8) is 0 Å². The molecule has 4 atom stereocenters. The summed E-state index contributed by atoms with van der Waals surface area (Å²) in [6.45, 7) is 3.34. The van der Waals surface area contributed by atoms with E-state index in [2.05, 4.69) is 20.9 Å². The molecule has 14 heteroatoms. The van der Waals surface area contributed by atoms with Gasteiger partial charge in [-0.1, -0.05) is 26.7 Å². The highest BCUT2D eigenvalue weighted by Crippen LogP contribution is 2.34. The Morgan fingerprint density at radius 3 is 2.42 bits per heavy atom. The SMILES string of the molecule is CC(C)C(N)C(=O)OCC(=O)C(C[C@@H]1CCCNC1=O)NC(=O)C(CC1CC1)NC(=O)c1cc2cc(F)cc(F)c2[nH]1.Cl. The van der Waals surface area contributed by atoms with Crippen molar-refractivity contribution in [3.8, 4) is 0 Å². The minimum absolute atomic E-state index is 0. The van der Waals surface area contributed by atoms with Crippen LogP contribution in [0.3, 0.4) is 0 Å². The Hall–Kier alpha value is -3.58. The fourth-order valence-electron chi connectivity index (χ4n) is 4.94. The number of benzene rings is 1. The maximum absolute atomic E-state index is 14.2. The molecule has 11 nitrogen and oxygen atoms in total. The van der Waals surface area contributed by atoms with E-state index in [1.54, 1.807) is 13.8 Å². The molecule has 6 N–H and O–H groups in total. The van der Waals surface area contributed by atoms with E-state index in [0.29, 0.717) is 31.9 Å². The normalized spacial score (nSPS) is 18.7. The number of carbonyl (C=O) groups is 5. The second-order valence-electron chi connectivity index (χ2n) is 11.5. The zero-order chi connectivity index (χ0) is 30.6. The monoisotopic (exact) mass is 625 g/mol. The van der Waals surface area contributed by atoms with Crippen molar-refractivity contribution >= 4 is 52.8 Å². The van der Waals surface area contributed by atoms with Gasteiger partial charge in [-0.05, 0) is 49.7 Å². The Labute approximate surface area is 253 Å². The number of ketones is 1. The number of hydrogen-bond donors (Lipinski definition) is 5. The Balaban J connectivity index is 0.00000506. The molecule has 1 aromatic carbocycles. The molecule has 3 amide bonds. The second kappa shape index (κ2) is 14.7. The third-order valence-corrected chi connectivity index (χ3v) is 7.75. The number of esters is 1. The van der Waals surface area contributed by atoms with E-state index in [9.17, 15) is 32.8 Å². The van der Waals surface area contributed by atoms with Gasteiger partial charge in [-0.3, -0.25) is 24.0 Å². The molecular formula is C29H38ClF2N5O6. The zero-order valence-electron chi connectivity index (χ0n) is 24.0. The third-order valence-electron chi connectivity index (χ3n) is 7.75. The Morgan fingerprint density at radius 1 is 1.05 bits per heavy atom. The molecule has 0 radical (unpaired) electrons. The molecule has 1 saturated heterocycles. The van der Waals surface area contributed by atoms with Gasteiger partial charge in [-0.2, -0.15) is 0 Å². The molecular weight excluding hydrogens is 588 g/mol. The van der Waals surface area contributed by atoms with Crippen LogP contribution in [0.4, 0.5) is 8.78 Å². The van der Waals surface area contributed by atoms with E-state index in [0.717, 1.165) is 18.9 Å². The van der Waals surface area contributed by atoms with Crippen molar-refractivity contribution < 1.29 is 37.5 Å². The number of piperidine rings is 1. The Bertz CT molecular complexity index is 1360. The van der Waals surface area contributed by atoms with Crippen LogP contribution < -0.4 is 21.7 Å². The van der Waals surface area contributed by atoms with E-state index in [-0.39, 0.29) is 53.2 Å². The fourth-order valence-corrected chi connectivity index (χ4v) is 4.94. The van der Waals surface area contributed by atoms with Gasteiger partial charge in [-0.15, -0.1) is 12.4 Å². The molecule has 2 aliphatic rings. The van der Waals surface area contributed by atoms with Crippen LogP contribution in [0.15, 0.2) is 18.2 Å². The molecule has 0 bridgehead atoms. The summed E-state index contributed by atoms with van der Waals surface area (Å²) < 4.78 is 32.9. The van der Waals surface area contributed by atoms with E-state index < -0.39 is 65.9 Å². The Morgan fingerprint density at radius 2 is 1.77 bits per heavy atom. The summed E-state index contributed by atoms with van der Waals surface area (Å²) in [7, 11) is 0. The van der Waals surface area contributed by atoms with Crippen LogP contribution in [0.2, 0.25) is 0 Å². The first-order chi connectivity index (χ1) is 19.9. The highest BCUT2D eigenvalue weighted by molar-refractivity contribution is 6.01. The van der Waals surface area contributed by atoms with Crippen LogP contribution in [0.5, 0.6) is 0 Å². The van der Waals surface area contributed by atoms with Gasteiger partial charge in [0.15, 0.2) is 12.4 Å². The molecule has 1 saturated carbocycles. The largest absolute Gasteiger partial charge is 0.456 e. The summed E-state index contributed by atoms with van der Waals surface area (Å²) >= 11 is 0. The van der Waals surface area contributed by atoms with E-state index in [4.69, 9.17) is 10.5 Å². The average molecular weight is 626 g/mol. The average Bonchev–Trinajstić information content (AvgIpc) is 3.66. The number of rotatable bonds is 13. The fraction of sp³-hybridized carbons (Fsp3) is 0.552. The number of fused-ring (bicyclic) bond motifs is 1. The van der Waals surface area contributed by atoms with Crippen molar-refractivity contribution in [2.45, 2.75) is 70.5 Å². The van der Waals surface area contributed by atoms with Gasteiger partial charge in [-0.25, -0.2) is 8.78 Å². The first kappa shape index (κ1) is 33.9. The number of H-pyrrole nitrogens is 1. The summed E-state index contributed by atoms with van der Waals surface area (Å²) in [4.78, 5) is 67.0. The number of halogens is 3. The molecule has 236 valence electrons. The summed E-state index contributed by atoms with van der Waals surface area (Å²) in [5, 5.41) is 8.22. The molecule has 1 aromatic heterocycles. The smallest absolute Gasteiger partial charge is 0.323 e. The lowest BCUT2D eigenvalue weighted by atomic mass is 9.90. The van der Waals surface area contributed by atoms with Gasteiger partial charge in [0.05, 0.1) is 11.6 Å². The quantitative estimate of drug-likeness (QED) is 0.212. The first-order valence-electron chi connectivity index (χ1n) is 14.2. The molecule has 1 aliphatic carbocycles. The van der Waals surface area contributed by atoms with Gasteiger partial charge in [0.1, 0.15) is 29.4 Å². The molecule has 2 heterocycles. The molecule has 3 unspecified atom stereocenters. The van der Waals surface area contributed by atoms with Gasteiger partial charge in [0.25, 0.3) is 5.91 Å². The van der Waals surface area contributed by atoms with Gasteiger partial charge in [0, 0.05) is 23.9 Å². The van der Waals surface area contributed by atoms with Crippen molar-refractivity contribution in [1.82, 2.24) is 20.9 Å². The molecule has 2 aromatic rings. The predicted octanol–water partition coefficient (Wildman–Crippen LogP) is 2.26. The summed E-state index contributed by atoms with van der Waals surface area (Å²) in [5.74, 6) is -5.20. The molecule has 43 heavy (non-hydrogen) atoms. The minimum atomic E-state index is -1.17. The zero-order valence-corrected chi connectivity index (χ0v) is 24.9. The lowest BCUT2D eigenvalue weighted by molar-refractivity contribution is -0.151. The van der Waals surface area contributed by atoms with E-state index >= 15 is 0 Å². The lowest BCUT2D eigenvalue weighted by Crippen LogP contribution is -2.54. The van der Waals surface area contributed by atoms with Gasteiger partial charge >= 0.3 is 5.97 Å². The highest BCUT2D eigenvalue weighted by atomic mass is 35.5. The number of Topliss-reactive ketones (excluding diaryl/α,β-unsaturated/α-hetero) is 1. The van der Waals surface area contributed by atoms with Crippen LogP contribution in [0.1, 0.15) is 62.9 Å². The highest BCUT2D eigenvalue weighted by Gasteiger charge is 2.35. The topological polar surface area (TPSA) is 172 Å². The molecule has 0 spiro atoms. The van der Waals surface area contributed by atoms with Crippen LogP contribution in [0.25, 0.3) is 10.9 Å². The number of hydrogen-bond acceptors (Lipinski definition) is 7. The van der Waals surface area contributed by atoms with Crippen molar-refractivity contribution in [3.05, 3.63) is 35.5 Å². The number of nitrogens with two attached hydrogens (primary N) is 1. The van der Waals surface area contributed by atoms with E-state index in [1.165, 1.54) is 6.07 Å². The summed E-state index contributed by atoms with van der Waals surface area (Å²) in [6.07, 6.45) is 3.24. The van der Waals surface area contributed by atoms with Crippen molar-refractivity contribution in [1.29, 1.82) is 0 Å². The van der Waals surface area contributed by atoms with Crippen LogP contribution in [0, 0.1) is 29.4 Å². The second-order valence-corrected chi connectivity index (χ2v) is 11.5. The van der Waals surface area contributed by atoms with Crippen LogP contribution in [-0.2, 0) is 23.9 Å². The van der Waals surface area contributed by atoms with Crippen LogP contribution >= 0.6 is 12.4 Å². The standard InChI is InChI=1S/C29H37F2N5O6.ClH/c1-14(2)24(32)29(41)42-13-23(37)20(10-16-4-3-7-33-26(16)38)35-27(39)21(8-15-5-6-15)36-28(40)22-11-17-9-18(30)12-19(31)25(17)34-22;/h9,11-12,14-16,20-21,24,34H,3-8,10,13,32H2,1-2H3,(H,33,38)(H,35,39)(H,36,40);1H/t16-,20?,21?,24?;/m0./s1. The predicted molar refractivity (Wildman–Crippen MR) is 155 cm³/mol. The number of aromatic nitrogens is 1. The minimum Gasteiger partial charge on any atom is -0.456 e. The number of nitrogens with one attached hydrogen (secondary N) is 4. The van der Waals surface area contributed by atoms with Gasteiger partial charge in [0.2, 0.25) is 11.8 Å². The lowest BCUT2D eigenvalue weighted by Gasteiger charge is -2.28. The van der Waals surface area contributed by atoms with Crippen LogP contribution in [-0.4, -0.2) is 65.7 Å². The summed E-state index contributed by atoms with van der Waals surface area (Å²) in [5.41, 5.74) is 5.69. The number of carbonyl (C=O) groups excluding carboxylic acids is 5. The molecule has 1 aliphatic heterocycles. The molecule has 2 fully saturated rings. The van der Waals surface area contributed by atoms with Crippen molar-refractivity contribution in [2.24, 2.45) is 23.5 Å². The maximum Gasteiger partial charge on any atom is 0.323 e.